The summed E-state index contributed by atoms with van der Waals surface area (Å²) in [4.78, 5) is 11.2. The molecule has 0 radical (unpaired) electrons. The summed E-state index contributed by atoms with van der Waals surface area (Å²) in [6.45, 7) is 4.84. The van der Waals surface area contributed by atoms with Crippen LogP contribution in [0.5, 0.6) is 11.5 Å². The second-order valence-electron chi connectivity index (χ2n) is 8.31. The number of nitrogens with zero attached hydrogens (tertiary/aromatic N) is 3. The SMILES string of the molecule is COc1cc2c(NC(=S)Nc3c(C)cccc3Cl)ncnc2cc1OCC1CCN(C)CC1. The number of thiocarbonyl (C=S) groups is 1. The summed E-state index contributed by atoms with van der Waals surface area (Å²) >= 11 is 11.8. The molecule has 0 saturated carbocycles. The standard InChI is InChI=1S/C24H28ClN5O2S/c1-15-5-4-6-18(25)22(15)28-24(33)29-23-17-11-20(31-3)21(12-19(17)26-14-27-23)32-13-16-7-9-30(2)10-8-16/h4-6,11-12,14,16H,7-10,13H2,1-3H3,(H2,26,27,28,29,33). The molecule has 174 valence electrons. The third-order valence-corrected chi connectivity index (χ3v) is 6.44. The van der Waals surface area contributed by atoms with E-state index < -0.39 is 0 Å². The molecule has 1 saturated heterocycles. The molecule has 0 atom stereocenters. The monoisotopic (exact) mass is 485 g/mol. The molecule has 33 heavy (non-hydrogen) atoms. The average molecular weight is 486 g/mol. The number of benzene rings is 2. The first-order valence-electron chi connectivity index (χ1n) is 10.9. The summed E-state index contributed by atoms with van der Waals surface area (Å²) in [7, 11) is 3.79. The first kappa shape index (κ1) is 23.5. The van der Waals surface area contributed by atoms with Crippen LogP contribution in [0.2, 0.25) is 5.02 Å². The van der Waals surface area contributed by atoms with E-state index in [-0.39, 0.29) is 0 Å². The van der Waals surface area contributed by atoms with Crippen molar-refractivity contribution in [1.29, 1.82) is 0 Å². The minimum atomic E-state index is 0.382. The number of hydrogen-bond acceptors (Lipinski definition) is 6. The second-order valence-corrected chi connectivity index (χ2v) is 9.13. The lowest BCUT2D eigenvalue weighted by molar-refractivity contribution is 0.157. The highest BCUT2D eigenvalue weighted by molar-refractivity contribution is 7.80. The number of aromatic nitrogens is 2. The van der Waals surface area contributed by atoms with E-state index in [9.17, 15) is 0 Å². The van der Waals surface area contributed by atoms with Crippen molar-refractivity contribution in [2.24, 2.45) is 5.92 Å². The van der Waals surface area contributed by atoms with Gasteiger partial charge in [0.1, 0.15) is 12.1 Å². The van der Waals surface area contributed by atoms with Crippen molar-refractivity contribution >= 4 is 51.3 Å². The van der Waals surface area contributed by atoms with E-state index >= 15 is 0 Å². The number of likely N-dealkylation sites (tertiary alicyclic amines) is 1. The molecular weight excluding hydrogens is 458 g/mol. The maximum atomic E-state index is 6.31. The van der Waals surface area contributed by atoms with E-state index in [0.717, 1.165) is 48.1 Å². The second kappa shape index (κ2) is 10.5. The van der Waals surface area contributed by atoms with Crippen LogP contribution in [0.4, 0.5) is 11.5 Å². The lowest BCUT2D eigenvalue weighted by Gasteiger charge is -2.28. The number of para-hydroxylation sites is 1. The number of fused-ring (bicyclic) bond motifs is 1. The van der Waals surface area contributed by atoms with E-state index in [2.05, 4.69) is 32.5 Å². The number of nitrogens with one attached hydrogen (secondary N) is 2. The Labute approximate surface area is 204 Å². The Morgan fingerprint density at radius 3 is 2.70 bits per heavy atom. The van der Waals surface area contributed by atoms with E-state index in [1.54, 1.807) is 7.11 Å². The quantitative estimate of drug-likeness (QED) is 0.465. The predicted octanol–water partition coefficient (Wildman–Crippen LogP) is 5.13. The molecule has 1 aliphatic heterocycles. The number of hydrogen-bond donors (Lipinski definition) is 2. The van der Waals surface area contributed by atoms with Gasteiger partial charge in [-0.2, -0.15) is 0 Å². The van der Waals surface area contributed by atoms with Gasteiger partial charge in [0.25, 0.3) is 0 Å². The molecule has 7 nitrogen and oxygen atoms in total. The van der Waals surface area contributed by atoms with Gasteiger partial charge in [0.05, 0.1) is 29.9 Å². The minimum Gasteiger partial charge on any atom is -0.493 e. The van der Waals surface area contributed by atoms with Crippen molar-refractivity contribution in [1.82, 2.24) is 14.9 Å². The van der Waals surface area contributed by atoms with Crippen LogP contribution in [0, 0.1) is 12.8 Å². The molecule has 2 N–H and O–H groups in total. The topological polar surface area (TPSA) is 71.5 Å². The Hall–Kier alpha value is -2.68. The van der Waals surface area contributed by atoms with Crippen LogP contribution in [0.25, 0.3) is 10.9 Å². The highest BCUT2D eigenvalue weighted by atomic mass is 35.5. The van der Waals surface area contributed by atoms with Crippen LogP contribution < -0.4 is 20.1 Å². The lowest BCUT2D eigenvalue weighted by Crippen LogP contribution is -2.32. The van der Waals surface area contributed by atoms with Crippen molar-refractivity contribution < 1.29 is 9.47 Å². The highest BCUT2D eigenvalue weighted by Gasteiger charge is 2.19. The summed E-state index contributed by atoms with van der Waals surface area (Å²) < 4.78 is 11.8. The fraction of sp³-hybridized carbons (Fsp3) is 0.375. The third kappa shape index (κ3) is 5.63. The summed E-state index contributed by atoms with van der Waals surface area (Å²) in [5.74, 6) is 2.43. The van der Waals surface area contributed by atoms with Crippen LogP contribution in [-0.2, 0) is 0 Å². The molecular formula is C24H28ClN5O2S. The third-order valence-electron chi connectivity index (χ3n) is 5.93. The number of methoxy groups -OCH3 is 1. The summed E-state index contributed by atoms with van der Waals surface area (Å²) in [6, 6.07) is 9.46. The molecule has 0 amide bonds. The fourth-order valence-electron chi connectivity index (χ4n) is 3.91. The van der Waals surface area contributed by atoms with Crippen molar-refractivity contribution in [3.8, 4) is 11.5 Å². The molecule has 9 heteroatoms. The Morgan fingerprint density at radius 1 is 1.18 bits per heavy atom. The summed E-state index contributed by atoms with van der Waals surface area (Å²) in [5, 5.41) is 8.07. The number of ether oxygens (including phenoxy) is 2. The molecule has 1 aromatic heterocycles. The Kier molecular flexibility index (Phi) is 7.47. The van der Waals surface area contributed by atoms with Gasteiger partial charge in [0.2, 0.25) is 0 Å². The minimum absolute atomic E-state index is 0.382. The number of anilines is 2. The van der Waals surface area contributed by atoms with Crippen LogP contribution in [-0.4, -0.2) is 53.8 Å². The van der Waals surface area contributed by atoms with Gasteiger partial charge in [-0.15, -0.1) is 0 Å². The molecule has 4 rings (SSSR count). The number of halogens is 1. The highest BCUT2D eigenvalue weighted by Crippen LogP contribution is 2.35. The molecule has 0 bridgehead atoms. The van der Waals surface area contributed by atoms with E-state index in [0.29, 0.717) is 40.0 Å². The molecule has 0 spiro atoms. The van der Waals surface area contributed by atoms with E-state index in [1.807, 2.05) is 37.3 Å². The van der Waals surface area contributed by atoms with E-state index in [1.165, 1.54) is 6.33 Å². The molecule has 1 fully saturated rings. The molecule has 0 aliphatic carbocycles. The molecule has 1 aliphatic rings. The first-order valence-corrected chi connectivity index (χ1v) is 11.7. The zero-order valence-corrected chi connectivity index (χ0v) is 20.6. The Morgan fingerprint density at radius 2 is 1.97 bits per heavy atom. The van der Waals surface area contributed by atoms with Crippen LogP contribution in [0.1, 0.15) is 18.4 Å². The van der Waals surface area contributed by atoms with Gasteiger partial charge in [0.15, 0.2) is 16.6 Å². The zero-order chi connectivity index (χ0) is 23.4. The largest absolute Gasteiger partial charge is 0.493 e. The predicted molar refractivity (Wildman–Crippen MR) is 138 cm³/mol. The summed E-state index contributed by atoms with van der Waals surface area (Å²) in [6.07, 6.45) is 3.78. The molecule has 2 aromatic carbocycles. The van der Waals surface area contributed by atoms with Gasteiger partial charge < -0.3 is 25.0 Å². The van der Waals surface area contributed by atoms with Gasteiger partial charge in [-0.1, -0.05) is 23.7 Å². The van der Waals surface area contributed by atoms with Gasteiger partial charge in [-0.25, -0.2) is 9.97 Å². The Balaban J connectivity index is 1.52. The van der Waals surface area contributed by atoms with Crippen LogP contribution in [0.3, 0.4) is 0 Å². The van der Waals surface area contributed by atoms with Crippen molar-refractivity contribution in [2.75, 3.05) is 44.5 Å². The van der Waals surface area contributed by atoms with Gasteiger partial charge in [-0.05, 0) is 75.7 Å². The van der Waals surface area contributed by atoms with Crippen molar-refractivity contribution in [3.63, 3.8) is 0 Å². The van der Waals surface area contributed by atoms with E-state index in [4.69, 9.17) is 33.3 Å². The van der Waals surface area contributed by atoms with Gasteiger partial charge in [-0.3, -0.25) is 0 Å². The summed E-state index contributed by atoms with van der Waals surface area (Å²) in [5.41, 5.74) is 2.49. The number of rotatable bonds is 6. The van der Waals surface area contributed by atoms with Crippen molar-refractivity contribution in [3.05, 3.63) is 47.2 Å². The first-order chi connectivity index (χ1) is 15.9. The average Bonchev–Trinajstić information content (AvgIpc) is 2.81. The maximum Gasteiger partial charge on any atom is 0.176 e. The maximum absolute atomic E-state index is 6.31. The normalized spacial score (nSPS) is 14.8. The number of aryl methyl sites for hydroxylation is 1. The smallest absolute Gasteiger partial charge is 0.176 e. The zero-order valence-electron chi connectivity index (χ0n) is 19.0. The van der Waals surface area contributed by atoms with Crippen LogP contribution in [0.15, 0.2) is 36.7 Å². The molecule has 2 heterocycles. The fourth-order valence-corrected chi connectivity index (χ4v) is 4.38. The van der Waals surface area contributed by atoms with Gasteiger partial charge in [0, 0.05) is 11.5 Å². The molecule has 0 unspecified atom stereocenters. The number of piperidine rings is 1. The van der Waals surface area contributed by atoms with Gasteiger partial charge >= 0.3 is 0 Å². The van der Waals surface area contributed by atoms with Crippen LogP contribution >= 0.6 is 23.8 Å². The van der Waals surface area contributed by atoms with Crippen molar-refractivity contribution in [2.45, 2.75) is 19.8 Å². The lowest BCUT2D eigenvalue weighted by atomic mass is 9.98. The Bertz CT molecular complexity index is 1130. The molecule has 3 aromatic rings.